The first-order valence-electron chi connectivity index (χ1n) is 8.59. The molecule has 0 spiro atoms. The molecule has 3 aromatic rings. The molecule has 6 nitrogen and oxygen atoms in total. The Morgan fingerprint density at radius 2 is 1.14 bits per heavy atom. The summed E-state index contributed by atoms with van der Waals surface area (Å²) < 4.78 is 0. The number of rotatable bonds is 2. The minimum atomic E-state index is -0.688. The first kappa shape index (κ1) is 19.6. The van der Waals surface area contributed by atoms with Gasteiger partial charge in [-0.3, -0.25) is 14.4 Å². The maximum atomic E-state index is 12.0. The normalized spacial score (nSPS) is 12.0. The highest BCUT2D eigenvalue weighted by Crippen LogP contribution is 2.37. The van der Waals surface area contributed by atoms with Crippen molar-refractivity contribution in [3.05, 3.63) is 101 Å². The van der Waals surface area contributed by atoms with Crippen molar-refractivity contribution in [2.45, 2.75) is 0 Å². The first-order chi connectivity index (χ1) is 13.9. The molecule has 0 radical (unpaired) electrons. The summed E-state index contributed by atoms with van der Waals surface area (Å²) in [7, 11) is 0. The number of benzene rings is 3. The van der Waals surface area contributed by atoms with E-state index in [1.807, 2.05) is 0 Å². The van der Waals surface area contributed by atoms with Gasteiger partial charge in [-0.15, -0.1) is 0 Å². The molecular formula is C23H16O6. The molecule has 0 amide bonds. The van der Waals surface area contributed by atoms with E-state index < -0.39 is 23.0 Å². The fourth-order valence-electron chi connectivity index (χ4n) is 2.74. The van der Waals surface area contributed by atoms with E-state index in [2.05, 4.69) is 0 Å². The van der Waals surface area contributed by atoms with Gasteiger partial charge in [-0.05, 0) is 24.3 Å². The Bertz CT molecular complexity index is 1090. The number of allylic oxidation sites excluding steroid dienone is 2. The molecule has 1 aliphatic carbocycles. The number of carbonyl (C=O) groups excluding carboxylic acids is 3. The molecule has 1 aliphatic rings. The van der Waals surface area contributed by atoms with Gasteiger partial charge in [-0.25, -0.2) is 0 Å². The number of ketones is 3. The highest BCUT2D eigenvalue weighted by Gasteiger charge is 2.18. The summed E-state index contributed by atoms with van der Waals surface area (Å²) in [5.41, 5.74) is 1.36. The van der Waals surface area contributed by atoms with Crippen molar-refractivity contribution >= 4 is 17.3 Å². The van der Waals surface area contributed by atoms with Crippen molar-refractivity contribution < 1.29 is 29.7 Å². The zero-order chi connectivity index (χ0) is 21.0. The molecule has 0 heterocycles. The molecule has 3 N–H and O–H groups in total. The quantitative estimate of drug-likeness (QED) is 0.456. The van der Waals surface area contributed by atoms with Crippen LogP contribution >= 0.6 is 0 Å². The first-order valence-corrected chi connectivity index (χ1v) is 8.59. The molecule has 0 atom stereocenters. The van der Waals surface area contributed by atoms with E-state index in [9.17, 15) is 24.6 Å². The van der Waals surface area contributed by atoms with Crippen LogP contribution in [0.25, 0.3) is 0 Å². The number of phenolic OH excluding ortho intramolecular Hbond substituents is 3. The maximum absolute atomic E-state index is 12.0. The fourth-order valence-corrected chi connectivity index (χ4v) is 2.74. The minimum absolute atomic E-state index is 0.0495. The molecule has 0 fully saturated rings. The number of carbonyl (C=O) groups is 3. The van der Waals surface area contributed by atoms with Crippen molar-refractivity contribution in [3.63, 3.8) is 0 Å². The van der Waals surface area contributed by atoms with E-state index >= 15 is 0 Å². The molecule has 6 heteroatoms. The molecule has 0 saturated heterocycles. The fraction of sp³-hybridized carbons (Fsp3) is 0. The van der Waals surface area contributed by atoms with E-state index in [0.29, 0.717) is 16.7 Å². The Morgan fingerprint density at radius 1 is 0.621 bits per heavy atom. The second-order valence-corrected chi connectivity index (χ2v) is 6.13. The molecule has 0 unspecified atom stereocenters. The molecule has 0 aliphatic heterocycles. The Hall–Kier alpha value is -4.19. The van der Waals surface area contributed by atoms with E-state index in [0.717, 1.165) is 6.07 Å². The van der Waals surface area contributed by atoms with Gasteiger partial charge in [-0.2, -0.15) is 0 Å². The molecular weight excluding hydrogens is 372 g/mol. The average molecular weight is 388 g/mol. The van der Waals surface area contributed by atoms with E-state index in [4.69, 9.17) is 5.11 Å². The van der Waals surface area contributed by atoms with Crippen LogP contribution in [0.5, 0.6) is 17.2 Å². The van der Waals surface area contributed by atoms with Crippen LogP contribution in [0.3, 0.4) is 0 Å². The van der Waals surface area contributed by atoms with Crippen LogP contribution in [0.1, 0.15) is 36.6 Å². The predicted molar refractivity (Wildman–Crippen MR) is 106 cm³/mol. The van der Waals surface area contributed by atoms with E-state index in [1.165, 1.54) is 18.2 Å². The average Bonchev–Trinajstić information content (AvgIpc) is 2.76. The number of fused-ring (bicyclic) bond motifs is 1. The monoisotopic (exact) mass is 388 g/mol. The van der Waals surface area contributed by atoms with Crippen LogP contribution in [-0.4, -0.2) is 32.7 Å². The molecule has 3 aromatic carbocycles. The van der Waals surface area contributed by atoms with Crippen molar-refractivity contribution in [1.29, 1.82) is 0 Å². The Balaban J connectivity index is 0.000000176. The van der Waals surface area contributed by atoms with Crippen molar-refractivity contribution in [3.8, 4) is 17.2 Å². The summed E-state index contributed by atoms with van der Waals surface area (Å²) >= 11 is 0. The summed E-state index contributed by atoms with van der Waals surface area (Å²) in [5, 5.41) is 28.1. The Kier molecular flexibility index (Phi) is 5.55. The van der Waals surface area contributed by atoms with Gasteiger partial charge < -0.3 is 15.3 Å². The van der Waals surface area contributed by atoms with E-state index in [1.54, 1.807) is 54.6 Å². The van der Waals surface area contributed by atoms with Crippen LogP contribution < -0.4 is 0 Å². The summed E-state index contributed by atoms with van der Waals surface area (Å²) in [5.74, 6) is -2.37. The van der Waals surface area contributed by atoms with E-state index in [-0.39, 0.29) is 17.1 Å². The van der Waals surface area contributed by atoms with Crippen LogP contribution in [0.15, 0.2) is 78.9 Å². The van der Waals surface area contributed by atoms with Crippen LogP contribution in [0.2, 0.25) is 0 Å². The lowest BCUT2D eigenvalue weighted by Crippen LogP contribution is -2.10. The zero-order valence-corrected chi connectivity index (χ0v) is 15.1. The number of hydrogen-bond donors (Lipinski definition) is 3. The van der Waals surface area contributed by atoms with Gasteiger partial charge in [-0.1, -0.05) is 54.6 Å². The van der Waals surface area contributed by atoms with Gasteiger partial charge in [0.25, 0.3) is 0 Å². The number of hydrogen-bond acceptors (Lipinski definition) is 6. The third-order valence-electron chi connectivity index (χ3n) is 4.25. The SMILES string of the molecule is O=C(c1ccccc1)c1ccc(O)c(O)c1O.O=C1C=CC(=O)c2ccccc21. The highest BCUT2D eigenvalue weighted by molar-refractivity contribution is 6.21. The minimum Gasteiger partial charge on any atom is -0.504 e. The third-order valence-corrected chi connectivity index (χ3v) is 4.25. The molecule has 144 valence electrons. The lowest BCUT2D eigenvalue weighted by molar-refractivity contribution is 0.0994. The second-order valence-electron chi connectivity index (χ2n) is 6.13. The predicted octanol–water partition coefficient (Wildman–Crippen LogP) is 3.66. The third kappa shape index (κ3) is 4.06. The lowest BCUT2D eigenvalue weighted by Gasteiger charge is -2.06. The van der Waals surface area contributed by atoms with Gasteiger partial charge in [0.1, 0.15) is 0 Å². The Labute approximate surface area is 166 Å². The summed E-state index contributed by atoms with van der Waals surface area (Å²) in [6.07, 6.45) is 2.62. The van der Waals surface area contributed by atoms with Crippen molar-refractivity contribution in [2.75, 3.05) is 0 Å². The van der Waals surface area contributed by atoms with Gasteiger partial charge >= 0.3 is 0 Å². The molecule has 0 aromatic heterocycles. The molecule has 29 heavy (non-hydrogen) atoms. The summed E-state index contributed by atoms with van der Waals surface area (Å²) in [6.45, 7) is 0. The van der Waals surface area contributed by atoms with Gasteiger partial charge in [0.2, 0.25) is 5.75 Å². The highest BCUT2D eigenvalue weighted by atomic mass is 16.3. The Morgan fingerprint density at radius 3 is 1.69 bits per heavy atom. The van der Waals surface area contributed by atoms with Gasteiger partial charge in [0.05, 0.1) is 5.56 Å². The molecule has 0 bridgehead atoms. The standard InChI is InChI=1S/C13H10O4.C10H6O2/c14-10-7-6-9(12(16)13(10)17)11(15)8-4-2-1-3-5-8;11-9-5-6-10(12)8-4-2-1-3-7(8)9/h1-7,14,16-17H;1-6H. The zero-order valence-electron chi connectivity index (χ0n) is 15.1. The summed E-state index contributed by atoms with van der Waals surface area (Å²) in [4.78, 5) is 34.4. The second kappa shape index (κ2) is 8.22. The lowest BCUT2D eigenvalue weighted by atomic mass is 9.95. The van der Waals surface area contributed by atoms with Crippen LogP contribution in [0, 0.1) is 0 Å². The molecule has 4 rings (SSSR count). The summed E-state index contributed by atoms with van der Waals surface area (Å²) in [6, 6.07) is 17.6. The largest absolute Gasteiger partial charge is 0.504 e. The van der Waals surface area contributed by atoms with Gasteiger partial charge in [0.15, 0.2) is 28.8 Å². The van der Waals surface area contributed by atoms with Crippen LogP contribution in [-0.2, 0) is 0 Å². The number of aromatic hydroxyl groups is 3. The maximum Gasteiger partial charge on any atom is 0.201 e. The topological polar surface area (TPSA) is 112 Å². The van der Waals surface area contributed by atoms with Crippen molar-refractivity contribution in [2.24, 2.45) is 0 Å². The van der Waals surface area contributed by atoms with Crippen LogP contribution in [0.4, 0.5) is 0 Å². The van der Waals surface area contributed by atoms with Gasteiger partial charge in [0, 0.05) is 16.7 Å². The molecule has 0 saturated carbocycles. The smallest absolute Gasteiger partial charge is 0.201 e. The number of phenols is 3. The van der Waals surface area contributed by atoms with Crippen molar-refractivity contribution in [1.82, 2.24) is 0 Å².